The summed E-state index contributed by atoms with van der Waals surface area (Å²) < 4.78 is 6.92. The van der Waals surface area contributed by atoms with Crippen LogP contribution in [0.5, 0.6) is 11.5 Å². The van der Waals surface area contributed by atoms with Crippen molar-refractivity contribution in [3.05, 3.63) is 210 Å². The predicted octanol–water partition coefficient (Wildman–Crippen LogP) is 12.9. The van der Waals surface area contributed by atoms with Crippen molar-refractivity contribution >= 4 is 17.1 Å². The van der Waals surface area contributed by atoms with Gasteiger partial charge in [-0.15, -0.1) is 0 Å². The average Bonchev–Trinajstić information content (AvgIpc) is 3.68. The van der Waals surface area contributed by atoms with Gasteiger partial charge in [0, 0.05) is 5.56 Å². The van der Waals surface area contributed by atoms with E-state index in [9.17, 15) is 0 Å². The van der Waals surface area contributed by atoms with Crippen LogP contribution in [0.15, 0.2) is 188 Å². The fourth-order valence-electron chi connectivity index (χ4n) is 9.01. The van der Waals surface area contributed by atoms with E-state index in [0.29, 0.717) is 0 Å². The van der Waals surface area contributed by atoms with Gasteiger partial charge in [-0.3, -0.25) is 0 Å². The molecule has 0 atom stereocenters. The Morgan fingerprint density at radius 1 is 0.333 bits per heavy atom. The first kappa shape index (κ1) is 28.2. The van der Waals surface area contributed by atoms with Crippen LogP contribution in [0.25, 0.3) is 44.5 Å². The maximum atomic E-state index is 6.92. The van der Waals surface area contributed by atoms with Gasteiger partial charge < -0.3 is 9.64 Å². The van der Waals surface area contributed by atoms with Gasteiger partial charge in [-0.2, -0.15) is 0 Å². The number of hydrogen-bond acceptors (Lipinski definition) is 2. The van der Waals surface area contributed by atoms with Crippen LogP contribution < -0.4 is 9.64 Å². The first-order valence-corrected chi connectivity index (χ1v) is 17.6. The maximum absolute atomic E-state index is 6.92. The number of anilines is 3. The summed E-state index contributed by atoms with van der Waals surface area (Å²) >= 11 is 0. The third kappa shape index (κ3) is 3.87. The molecule has 238 valence electrons. The van der Waals surface area contributed by atoms with Gasteiger partial charge in [0.25, 0.3) is 0 Å². The maximum Gasteiger partial charge on any atom is 0.152 e. The number of nitrogens with zero attached hydrogens (tertiary/aromatic N) is 1. The number of fused-ring (bicyclic) bond motifs is 12. The fraction of sp³-hybridized carbons (Fsp3) is 0.0204. The topological polar surface area (TPSA) is 12.5 Å². The summed E-state index contributed by atoms with van der Waals surface area (Å²) in [5.41, 5.74) is 17.7. The van der Waals surface area contributed by atoms with Crippen molar-refractivity contribution in [2.75, 3.05) is 4.90 Å². The molecule has 0 saturated carbocycles. The number of rotatable bonds is 3. The van der Waals surface area contributed by atoms with Gasteiger partial charge in [0.05, 0.1) is 22.5 Å². The minimum Gasteiger partial charge on any atom is -0.453 e. The lowest BCUT2D eigenvalue weighted by Gasteiger charge is -2.38. The standard InChI is InChI=1S/C49H31NO/c1-3-14-32(15-4-1)34-26-28-43-46(30-34)51-47-31-35(33-16-5-2-6-17-33)27-29-44(47)50(43)45-25-13-21-39-38-20-9-12-24-42(38)49(48(39)45)40-22-10-7-18-36(40)37-19-8-11-23-41(37)49/h1-31H. The predicted molar refractivity (Wildman–Crippen MR) is 208 cm³/mol. The van der Waals surface area contributed by atoms with E-state index in [4.69, 9.17) is 4.74 Å². The van der Waals surface area contributed by atoms with E-state index < -0.39 is 5.41 Å². The summed E-state index contributed by atoms with van der Waals surface area (Å²) in [5, 5.41) is 0. The van der Waals surface area contributed by atoms with Crippen LogP contribution >= 0.6 is 0 Å². The lowest BCUT2D eigenvalue weighted by molar-refractivity contribution is 0.477. The minimum atomic E-state index is -0.484. The van der Waals surface area contributed by atoms with Crippen LogP contribution in [0.1, 0.15) is 22.3 Å². The molecule has 3 aliphatic rings. The lowest BCUT2D eigenvalue weighted by atomic mass is 9.70. The van der Waals surface area contributed by atoms with E-state index >= 15 is 0 Å². The summed E-state index contributed by atoms with van der Waals surface area (Å²) in [5.74, 6) is 1.67. The summed E-state index contributed by atoms with van der Waals surface area (Å²) in [6.45, 7) is 0. The molecule has 0 radical (unpaired) electrons. The molecule has 2 heteroatoms. The molecule has 0 amide bonds. The summed E-state index contributed by atoms with van der Waals surface area (Å²) in [6, 6.07) is 68.3. The van der Waals surface area contributed by atoms with E-state index in [1.54, 1.807) is 0 Å². The molecule has 8 aromatic rings. The van der Waals surface area contributed by atoms with Crippen LogP contribution in [-0.2, 0) is 5.41 Å². The highest BCUT2D eigenvalue weighted by Gasteiger charge is 2.53. The molecule has 0 fully saturated rings. The molecule has 0 aromatic heterocycles. The van der Waals surface area contributed by atoms with E-state index in [-0.39, 0.29) is 0 Å². The van der Waals surface area contributed by atoms with Gasteiger partial charge >= 0.3 is 0 Å². The Morgan fingerprint density at radius 3 is 1.27 bits per heavy atom. The van der Waals surface area contributed by atoms with Gasteiger partial charge in [-0.25, -0.2) is 0 Å². The van der Waals surface area contributed by atoms with Crippen molar-refractivity contribution < 1.29 is 4.74 Å². The molecule has 8 aromatic carbocycles. The van der Waals surface area contributed by atoms with Crippen molar-refractivity contribution in [2.24, 2.45) is 0 Å². The Morgan fingerprint density at radius 2 is 0.765 bits per heavy atom. The zero-order chi connectivity index (χ0) is 33.5. The second-order valence-electron chi connectivity index (χ2n) is 13.6. The van der Waals surface area contributed by atoms with Crippen molar-refractivity contribution in [1.82, 2.24) is 0 Å². The molecule has 2 aliphatic carbocycles. The summed E-state index contributed by atoms with van der Waals surface area (Å²) in [6.07, 6.45) is 0. The normalized spacial score (nSPS) is 13.8. The Hall–Kier alpha value is -6.64. The summed E-state index contributed by atoms with van der Waals surface area (Å²) in [4.78, 5) is 2.45. The van der Waals surface area contributed by atoms with Crippen LogP contribution in [0.2, 0.25) is 0 Å². The van der Waals surface area contributed by atoms with Crippen LogP contribution in [0, 0.1) is 0 Å². The molecule has 1 aliphatic heterocycles. The lowest BCUT2D eigenvalue weighted by Crippen LogP contribution is -2.28. The van der Waals surface area contributed by atoms with Gasteiger partial charge in [-0.1, -0.05) is 158 Å². The highest BCUT2D eigenvalue weighted by atomic mass is 16.5. The molecule has 11 rings (SSSR count). The molecule has 1 spiro atoms. The zero-order valence-electron chi connectivity index (χ0n) is 27.8. The van der Waals surface area contributed by atoms with Crippen molar-refractivity contribution in [2.45, 2.75) is 5.41 Å². The molecule has 51 heavy (non-hydrogen) atoms. The zero-order valence-corrected chi connectivity index (χ0v) is 27.8. The average molecular weight is 650 g/mol. The van der Waals surface area contributed by atoms with Crippen LogP contribution in [0.4, 0.5) is 17.1 Å². The molecule has 0 bridgehead atoms. The highest BCUT2D eigenvalue weighted by molar-refractivity contribution is 6.01. The van der Waals surface area contributed by atoms with Crippen molar-refractivity contribution in [1.29, 1.82) is 0 Å². The number of benzene rings is 8. The SMILES string of the molecule is c1ccc(-c2ccc3c(c2)Oc2cc(-c4ccccc4)ccc2N3c2cccc3c2C2(c4ccccc4-c4ccccc42)c2ccccc2-3)cc1. The molecule has 0 N–H and O–H groups in total. The molecule has 0 unspecified atom stereocenters. The molecule has 2 nitrogen and oxygen atoms in total. The molecular formula is C49H31NO. The molecule has 0 saturated heterocycles. The quantitative estimate of drug-likeness (QED) is 0.189. The first-order valence-electron chi connectivity index (χ1n) is 17.6. The fourth-order valence-corrected chi connectivity index (χ4v) is 9.01. The third-order valence-electron chi connectivity index (χ3n) is 11.1. The van der Waals surface area contributed by atoms with E-state index in [0.717, 1.165) is 50.8 Å². The van der Waals surface area contributed by atoms with E-state index in [1.807, 2.05) is 0 Å². The summed E-state index contributed by atoms with van der Waals surface area (Å²) in [7, 11) is 0. The smallest absolute Gasteiger partial charge is 0.152 e. The monoisotopic (exact) mass is 649 g/mol. The minimum absolute atomic E-state index is 0.484. The first-order chi connectivity index (χ1) is 25.3. The Labute approximate surface area is 297 Å². The molecular weight excluding hydrogens is 619 g/mol. The van der Waals surface area contributed by atoms with Crippen LogP contribution in [0.3, 0.4) is 0 Å². The van der Waals surface area contributed by atoms with Gasteiger partial charge in [0.2, 0.25) is 0 Å². The second kappa shape index (κ2) is 10.7. The van der Waals surface area contributed by atoms with E-state index in [2.05, 4.69) is 193 Å². The van der Waals surface area contributed by atoms with Gasteiger partial charge in [0.15, 0.2) is 11.5 Å². The number of hydrogen-bond donors (Lipinski definition) is 0. The van der Waals surface area contributed by atoms with E-state index in [1.165, 1.54) is 44.5 Å². The highest BCUT2D eigenvalue weighted by Crippen LogP contribution is 2.66. The Kier molecular flexibility index (Phi) is 5.91. The molecule has 1 heterocycles. The third-order valence-corrected chi connectivity index (χ3v) is 11.1. The van der Waals surface area contributed by atoms with Gasteiger partial charge in [-0.05, 0) is 91.5 Å². The Balaban J connectivity index is 1.22. The second-order valence-corrected chi connectivity index (χ2v) is 13.6. The van der Waals surface area contributed by atoms with Crippen molar-refractivity contribution in [3.8, 4) is 56.0 Å². The van der Waals surface area contributed by atoms with Crippen LogP contribution in [-0.4, -0.2) is 0 Å². The Bertz CT molecular complexity index is 2520. The van der Waals surface area contributed by atoms with Crippen molar-refractivity contribution in [3.63, 3.8) is 0 Å². The largest absolute Gasteiger partial charge is 0.453 e. The number of ether oxygens (including phenoxy) is 1. The van der Waals surface area contributed by atoms with Gasteiger partial charge in [0.1, 0.15) is 0 Å².